The van der Waals surface area contributed by atoms with E-state index >= 15 is 0 Å². The number of hydrogen-bond acceptors (Lipinski definition) is 8. The van der Waals surface area contributed by atoms with Gasteiger partial charge in [0.05, 0.1) is 29.2 Å². The lowest BCUT2D eigenvalue weighted by Crippen LogP contribution is -2.34. The zero-order valence-electron chi connectivity index (χ0n) is 22.2. The van der Waals surface area contributed by atoms with Gasteiger partial charge in [-0.2, -0.15) is 14.9 Å². The smallest absolute Gasteiger partial charge is 0.276 e. The van der Waals surface area contributed by atoms with Gasteiger partial charge in [-0.15, -0.1) is 0 Å². The Kier molecular flexibility index (Phi) is 8.07. The summed E-state index contributed by atoms with van der Waals surface area (Å²) in [6.07, 6.45) is -0.212. The molecule has 1 aliphatic rings. The Bertz CT molecular complexity index is 1440. The van der Waals surface area contributed by atoms with Crippen LogP contribution in [-0.4, -0.2) is 60.8 Å². The van der Waals surface area contributed by atoms with Crippen molar-refractivity contribution in [1.82, 2.24) is 9.78 Å². The van der Waals surface area contributed by atoms with Gasteiger partial charge in [-0.1, -0.05) is 6.07 Å². The van der Waals surface area contributed by atoms with Gasteiger partial charge >= 0.3 is 0 Å². The molecule has 39 heavy (non-hydrogen) atoms. The molecule has 1 aliphatic heterocycles. The van der Waals surface area contributed by atoms with Crippen molar-refractivity contribution in [3.05, 3.63) is 75.7 Å². The van der Waals surface area contributed by atoms with E-state index in [1.165, 1.54) is 12.1 Å². The van der Waals surface area contributed by atoms with E-state index in [2.05, 4.69) is 22.2 Å². The van der Waals surface area contributed by atoms with E-state index in [1.54, 1.807) is 18.2 Å². The number of carbonyl (C=O) groups excluding carboxylic acids is 1. The van der Waals surface area contributed by atoms with Gasteiger partial charge in [0.2, 0.25) is 0 Å². The maximum atomic E-state index is 14.4. The number of rotatable bonds is 8. The Balaban J connectivity index is 1.76. The zero-order chi connectivity index (χ0) is 28.4. The molecule has 1 aromatic heterocycles. The van der Waals surface area contributed by atoms with E-state index in [0.717, 1.165) is 29.4 Å². The Labute approximate surface area is 224 Å². The van der Waals surface area contributed by atoms with Crippen LogP contribution in [0.5, 0.6) is 0 Å². The van der Waals surface area contributed by atoms with Crippen LogP contribution in [0.3, 0.4) is 0 Å². The molecule has 0 saturated carbocycles. The van der Waals surface area contributed by atoms with Crippen LogP contribution in [0, 0.1) is 18.6 Å². The van der Waals surface area contributed by atoms with Crippen molar-refractivity contribution < 1.29 is 18.3 Å². The molecule has 0 spiro atoms. The number of nitrogens with two attached hydrogens (primary N) is 1. The molecule has 0 unspecified atom stereocenters. The second-order valence-electron chi connectivity index (χ2n) is 9.52. The molecule has 3 N–H and O–H groups in total. The molecule has 0 bridgehead atoms. The maximum Gasteiger partial charge on any atom is 0.276 e. The Hall–Kier alpha value is -4.16. The van der Waals surface area contributed by atoms with Crippen LogP contribution in [0.4, 0.5) is 25.8 Å². The quantitative estimate of drug-likeness (QED) is 0.334. The number of carbonyl (C=O) groups is 1. The molecule has 2 aromatic carbocycles. The van der Waals surface area contributed by atoms with E-state index in [9.17, 15) is 18.4 Å². The number of aromatic nitrogens is 2. The van der Waals surface area contributed by atoms with Gasteiger partial charge in [-0.05, 0) is 56.7 Å². The van der Waals surface area contributed by atoms with Crippen molar-refractivity contribution in [3.8, 4) is 5.69 Å². The second kappa shape index (κ2) is 11.3. The lowest BCUT2D eigenvalue weighted by molar-refractivity contribution is 0.102. The molecule has 1 amide bonds. The number of halogens is 2. The second-order valence-corrected chi connectivity index (χ2v) is 9.52. The minimum atomic E-state index is -0.987. The molecule has 206 valence electrons. The summed E-state index contributed by atoms with van der Waals surface area (Å²) >= 11 is 0. The van der Waals surface area contributed by atoms with Crippen molar-refractivity contribution >= 4 is 29.7 Å². The number of nitrogens with one attached hydrogen (secondary N) is 1. The number of hydrogen-bond donors (Lipinski definition) is 2. The Morgan fingerprint density at radius 1 is 1.18 bits per heavy atom. The highest BCUT2D eigenvalue weighted by molar-refractivity contribution is 6.05. The Morgan fingerprint density at radius 3 is 2.46 bits per heavy atom. The van der Waals surface area contributed by atoms with E-state index in [4.69, 9.17) is 10.5 Å². The first-order valence-corrected chi connectivity index (χ1v) is 12.4. The minimum Gasteiger partial charge on any atom is -0.378 e. The van der Waals surface area contributed by atoms with Crippen molar-refractivity contribution in [2.75, 3.05) is 35.4 Å². The standard InChI is InChI=1S/C27H31F2N7O3/c1-15(2)35(31-4)22-11-9-20(25(16(22)3)34-13-19(30)23(14-34)39-5)32-27(38)21-10-12-24(37)36(33-21)26-17(28)7-6-8-18(26)29/h6-12,15,19,23H,4,13-14,30H2,1-3,5H3,(H,32,38)/t19-,23+/m1/s1. The number of methoxy groups -OCH3 is 1. The molecule has 3 aromatic rings. The minimum absolute atomic E-state index is 0.0195. The summed E-state index contributed by atoms with van der Waals surface area (Å²) in [4.78, 5) is 27.8. The topological polar surface area (TPSA) is 118 Å². The molecule has 1 fully saturated rings. The lowest BCUT2D eigenvalue weighted by atomic mass is 10.1. The van der Waals surface area contributed by atoms with Crippen LogP contribution in [0.15, 0.2) is 52.4 Å². The Morgan fingerprint density at radius 2 is 1.87 bits per heavy atom. The van der Waals surface area contributed by atoms with Crippen molar-refractivity contribution in [1.29, 1.82) is 0 Å². The fourth-order valence-electron chi connectivity index (χ4n) is 4.77. The molecule has 10 nitrogen and oxygen atoms in total. The van der Waals surface area contributed by atoms with Crippen LogP contribution >= 0.6 is 0 Å². The predicted octanol–water partition coefficient (Wildman–Crippen LogP) is 3.06. The summed E-state index contributed by atoms with van der Waals surface area (Å²) in [6, 6.07) is 8.72. The summed E-state index contributed by atoms with van der Waals surface area (Å²) in [7, 11) is 1.60. The molecular weight excluding hydrogens is 508 g/mol. The molecule has 0 aliphatic carbocycles. The van der Waals surface area contributed by atoms with Crippen molar-refractivity contribution in [2.24, 2.45) is 10.8 Å². The third-order valence-corrected chi connectivity index (χ3v) is 6.65. The van der Waals surface area contributed by atoms with Crippen LogP contribution < -0.4 is 26.5 Å². The van der Waals surface area contributed by atoms with Gasteiger partial charge < -0.3 is 20.7 Å². The summed E-state index contributed by atoms with van der Waals surface area (Å²) < 4.78 is 34.8. The maximum absolute atomic E-state index is 14.4. The number of nitrogens with zero attached hydrogens (tertiary/aromatic N) is 5. The molecule has 1 saturated heterocycles. The first-order valence-electron chi connectivity index (χ1n) is 12.4. The molecule has 12 heteroatoms. The van der Waals surface area contributed by atoms with Gasteiger partial charge in [-0.3, -0.25) is 14.6 Å². The van der Waals surface area contributed by atoms with E-state index in [0.29, 0.717) is 29.1 Å². The zero-order valence-corrected chi connectivity index (χ0v) is 22.2. The highest BCUT2D eigenvalue weighted by Crippen LogP contribution is 2.39. The number of amides is 1. The summed E-state index contributed by atoms with van der Waals surface area (Å²) in [5.41, 5.74) is 7.40. The molecule has 2 heterocycles. The van der Waals surface area contributed by atoms with Gasteiger partial charge in [0.15, 0.2) is 11.6 Å². The first-order chi connectivity index (χ1) is 18.6. The van der Waals surface area contributed by atoms with E-state index in [-0.39, 0.29) is 23.9 Å². The van der Waals surface area contributed by atoms with Crippen LogP contribution in [-0.2, 0) is 4.74 Å². The average Bonchev–Trinajstić information content (AvgIpc) is 3.26. The molecule has 4 rings (SSSR count). The van der Waals surface area contributed by atoms with Crippen LogP contribution in [0.25, 0.3) is 5.69 Å². The highest BCUT2D eigenvalue weighted by Gasteiger charge is 2.33. The lowest BCUT2D eigenvalue weighted by Gasteiger charge is -2.30. The summed E-state index contributed by atoms with van der Waals surface area (Å²) in [5.74, 6) is -2.65. The first kappa shape index (κ1) is 27.9. The number of ether oxygens (including phenoxy) is 1. The van der Waals surface area contributed by atoms with E-state index in [1.807, 2.05) is 31.7 Å². The van der Waals surface area contributed by atoms with Crippen molar-refractivity contribution in [3.63, 3.8) is 0 Å². The highest BCUT2D eigenvalue weighted by atomic mass is 19.1. The van der Waals surface area contributed by atoms with Gasteiger partial charge in [0.1, 0.15) is 11.4 Å². The summed E-state index contributed by atoms with van der Waals surface area (Å²) in [5, 5.41) is 12.7. The molecule has 2 atom stereocenters. The fourth-order valence-corrected chi connectivity index (χ4v) is 4.77. The number of para-hydroxylation sites is 1. The average molecular weight is 540 g/mol. The molecule has 0 radical (unpaired) electrons. The SMILES string of the molecule is C=NN(c1ccc(NC(=O)c2ccc(=O)n(-c3c(F)cccc3F)n2)c(N2C[C@@H](N)[C@@H](OC)C2)c1C)C(C)C. The largest absolute Gasteiger partial charge is 0.378 e. The van der Waals surface area contributed by atoms with Gasteiger partial charge in [-0.25, -0.2) is 8.78 Å². The fraction of sp³-hybridized carbons (Fsp3) is 0.333. The number of hydrazone groups is 1. The van der Waals surface area contributed by atoms with Crippen molar-refractivity contribution in [2.45, 2.75) is 39.0 Å². The third kappa shape index (κ3) is 5.38. The van der Waals surface area contributed by atoms with Gasteiger partial charge in [0, 0.05) is 39.0 Å². The predicted molar refractivity (Wildman–Crippen MR) is 147 cm³/mol. The number of benzene rings is 2. The monoisotopic (exact) mass is 539 g/mol. The van der Waals surface area contributed by atoms with Crippen LogP contribution in [0.2, 0.25) is 0 Å². The third-order valence-electron chi connectivity index (χ3n) is 6.65. The van der Waals surface area contributed by atoms with Gasteiger partial charge in [0.25, 0.3) is 11.5 Å². The normalized spacial score (nSPS) is 17.0. The summed E-state index contributed by atoms with van der Waals surface area (Å²) in [6.45, 7) is 10.5. The van der Waals surface area contributed by atoms with E-state index < -0.39 is 28.8 Å². The molecular formula is C27H31F2N7O3. The number of anilines is 3. The van der Waals surface area contributed by atoms with Crippen LogP contribution in [0.1, 0.15) is 29.9 Å².